The zero-order valence-corrected chi connectivity index (χ0v) is 19.1. The van der Waals surface area contributed by atoms with Crippen molar-refractivity contribution in [1.29, 1.82) is 0 Å². The van der Waals surface area contributed by atoms with Gasteiger partial charge in [0.25, 0.3) is 15.9 Å². The van der Waals surface area contributed by atoms with Crippen molar-refractivity contribution in [3.8, 4) is 11.5 Å². The van der Waals surface area contributed by atoms with Gasteiger partial charge in [-0.1, -0.05) is 23.2 Å². The average Bonchev–Trinajstić information content (AvgIpc) is 2.75. The Morgan fingerprint density at radius 3 is 2.22 bits per heavy atom. The van der Waals surface area contributed by atoms with E-state index in [4.69, 9.17) is 32.7 Å². The van der Waals surface area contributed by atoms with E-state index in [1.165, 1.54) is 56.7 Å². The van der Waals surface area contributed by atoms with Crippen LogP contribution in [0.3, 0.4) is 0 Å². The van der Waals surface area contributed by atoms with Gasteiger partial charge < -0.3 is 14.8 Å². The second kappa shape index (κ2) is 9.64. The molecule has 2 N–H and O–H groups in total. The summed E-state index contributed by atoms with van der Waals surface area (Å²) in [6, 6.07) is 11.8. The first-order valence-corrected chi connectivity index (χ1v) is 11.2. The van der Waals surface area contributed by atoms with Gasteiger partial charge in [0.05, 0.1) is 19.2 Å². The first-order chi connectivity index (χ1) is 15.1. The molecule has 3 rings (SSSR count). The van der Waals surface area contributed by atoms with Crippen LogP contribution in [0.4, 0.5) is 15.8 Å². The number of halogens is 3. The quantitative estimate of drug-likeness (QED) is 0.466. The highest BCUT2D eigenvalue weighted by Gasteiger charge is 2.21. The number of nitrogens with one attached hydrogen (secondary N) is 2. The Kier molecular flexibility index (Phi) is 7.12. The third-order valence-corrected chi connectivity index (χ3v) is 6.20. The van der Waals surface area contributed by atoms with E-state index in [0.29, 0.717) is 5.02 Å². The Labute approximate surface area is 194 Å². The number of hydrogen-bond acceptors (Lipinski definition) is 5. The van der Waals surface area contributed by atoms with Gasteiger partial charge in [-0.05, 0) is 54.6 Å². The van der Waals surface area contributed by atoms with Gasteiger partial charge in [-0.25, -0.2) is 12.8 Å². The molecule has 168 valence electrons. The second-order valence-electron chi connectivity index (χ2n) is 6.41. The van der Waals surface area contributed by atoms with E-state index in [1.807, 2.05) is 0 Å². The van der Waals surface area contributed by atoms with Gasteiger partial charge in [0.1, 0.15) is 10.7 Å². The van der Waals surface area contributed by atoms with E-state index in [1.54, 1.807) is 0 Å². The molecule has 32 heavy (non-hydrogen) atoms. The second-order valence-corrected chi connectivity index (χ2v) is 8.90. The van der Waals surface area contributed by atoms with Crippen molar-refractivity contribution in [1.82, 2.24) is 0 Å². The fourth-order valence-corrected chi connectivity index (χ4v) is 4.34. The van der Waals surface area contributed by atoms with E-state index < -0.39 is 26.6 Å². The highest BCUT2D eigenvalue weighted by molar-refractivity contribution is 7.92. The maximum atomic E-state index is 14.3. The minimum Gasteiger partial charge on any atom is -0.493 e. The van der Waals surface area contributed by atoms with E-state index >= 15 is 0 Å². The molecule has 0 aliphatic rings. The molecule has 11 heteroatoms. The minimum atomic E-state index is -4.28. The summed E-state index contributed by atoms with van der Waals surface area (Å²) in [4.78, 5) is 12.0. The first kappa shape index (κ1) is 23.6. The van der Waals surface area contributed by atoms with E-state index in [2.05, 4.69) is 10.0 Å². The molecule has 1 amide bonds. The van der Waals surface area contributed by atoms with E-state index in [-0.39, 0.29) is 33.5 Å². The van der Waals surface area contributed by atoms with Crippen LogP contribution in [-0.2, 0) is 10.0 Å². The highest BCUT2D eigenvalue weighted by Crippen LogP contribution is 2.36. The maximum Gasteiger partial charge on any atom is 0.264 e. The summed E-state index contributed by atoms with van der Waals surface area (Å²) in [6.07, 6.45) is 0. The Morgan fingerprint density at radius 1 is 0.938 bits per heavy atom. The number of carbonyl (C=O) groups excluding carboxylic acids is 1. The van der Waals surface area contributed by atoms with Gasteiger partial charge >= 0.3 is 0 Å². The highest BCUT2D eigenvalue weighted by atomic mass is 35.5. The van der Waals surface area contributed by atoms with Gasteiger partial charge in [-0.2, -0.15) is 0 Å². The fourth-order valence-electron chi connectivity index (χ4n) is 2.77. The van der Waals surface area contributed by atoms with Crippen molar-refractivity contribution in [2.45, 2.75) is 4.90 Å². The Bertz CT molecular complexity index is 1270. The summed E-state index contributed by atoms with van der Waals surface area (Å²) in [5.41, 5.74) is 0.377. The molecule has 0 unspecified atom stereocenters. The van der Waals surface area contributed by atoms with Gasteiger partial charge in [0, 0.05) is 22.0 Å². The third-order valence-electron chi connectivity index (χ3n) is 4.27. The number of hydrogen-bond donors (Lipinski definition) is 2. The predicted octanol–water partition coefficient (Wildman–Crippen LogP) is 5.20. The molecule has 3 aromatic carbocycles. The van der Waals surface area contributed by atoms with Crippen molar-refractivity contribution in [2.24, 2.45) is 0 Å². The Balaban J connectivity index is 1.88. The number of sulfonamides is 1. The summed E-state index contributed by atoms with van der Waals surface area (Å²) < 4.78 is 52.2. The topological polar surface area (TPSA) is 93.7 Å². The summed E-state index contributed by atoms with van der Waals surface area (Å²) in [6.45, 7) is 0. The summed E-state index contributed by atoms with van der Waals surface area (Å²) in [5, 5.41) is 3.08. The van der Waals surface area contributed by atoms with Gasteiger partial charge in [0.2, 0.25) is 0 Å². The van der Waals surface area contributed by atoms with Crippen molar-refractivity contribution in [2.75, 3.05) is 24.3 Å². The zero-order valence-electron chi connectivity index (χ0n) is 16.8. The zero-order chi connectivity index (χ0) is 23.5. The maximum absolute atomic E-state index is 14.3. The lowest BCUT2D eigenvalue weighted by atomic mass is 10.1. The number of methoxy groups -OCH3 is 2. The van der Waals surface area contributed by atoms with Gasteiger partial charge in [-0.15, -0.1) is 0 Å². The fraction of sp³-hybridized carbons (Fsp3) is 0.0952. The van der Waals surface area contributed by atoms with Crippen molar-refractivity contribution in [3.63, 3.8) is 0 Å². The number of ether oxygens (including phenoxy) is 2. The molecule has 0 radical (unpaired) electrons. The molecule has 0 atom stereocenters. The number of rotatable bonds is 7. The number of amides is 1. The molecule has 0 heterocycles. The van der Waals surface area contributed by atoms with Crippen molar-refractivity contribution in [3.05, 3.63) is 76.0 Å². The van der Waals surface area contributed by atoms with Gasteiger partial charge in [0.15, 0.2) is 11.5 Å². The molecule has 0 spiro atoms. The van der Waals surface area contributed by atoms with Crippen LogP contribution in [0.5, 0.6) is 11.5 Å². The number of benzene rings is 3. The van der Waals surface area contributed by atoms with Crippen LogP contribution in [0.15, 0.2) is 59.5 Å². The van der Waals surface area contributed by atoms with Crippen molar-refractivity contribution < 1.29 is 27.1 Å². The van der Waals surface area contributed by atoms with Crippen LogP contribution < -0.4 is 19.5 Å². The lowest BCUT2D eigenvalue weighted by Crippen LogP contribution is -2.16. The predicted molar refractivity (Wildman–Crippen MR) is 121 cm³/mol. The molecule has 7 nitrogen and oxygen atoms in total. The Hall–Kier alpha value is -3.01. The van der Waals surface area contributed by atoms with Crippen LogP contribution in [0.25, 0.3) is 0 Å². The van der Waals surface area contributed by atoms with Crippen LogP contribution in [0.1, 0.15) is 10.4 Å². The smallest absolute Gasteiger partial charge is 0.264 e. The summed E-state index contributed by atoms with van der Waals surface area (Å²) in [7, 11) is -1.49. The molecule has 3 aromatic rings. The molecule has 0 saturated heterocycles. The standard InChI is InChI=1S/C21H17Cl2FN2O5S/c1-30-18-10-12(9-16(23)20(18)31-2)21(27)25-15-7-8-17(24)19(11-15)32(28,29)26-14-5-3-13(22)4-6-14/h3-11,26H,1-2H3,(H,25,27). The van der Waals surface area contributed by atoms with Gasteiger partial charge in [-0.3, -0.25) is 9.52 Å². The molecular weight excluding hydrogens is 482 g/mol. The summed E-state index contributed by atoms with van der Waals surface area (Å²) in [5.74, 6) is -1.11. The SMILES string of the molecule is COc1cc(C(=O)Nc2ccc(F)c(S(=O)(=O)Nc3ccc(Cl)cc3)c2)cc(Cl)c1OC. The first-order valence-electron chi connectivity index (χ1n) is 8.95. The lowest BCUT2D eigenvalue weighted by molar-refractivity contribution is 0.102. The largest absolute Gasteiger partial charge is 0.493 e. The third kappa shape index (κ3) is 5.24. The van der Waals surface area contributed by atoms with E-state index in [9.17, 15) is 17.6 Å². The summed E-state index contributed by atoms with van der Waals surface area (Å²) >= 11 is 11.9. The van der Waals surface area contributed by atoms with Crippen LogP contribution in [0, 0.1) is 5.82 Å². The molecule has 0 aromatic heterocycles. The number of carbonyl (C=O) groups is 1. The lowest BCUT2D eigenvalue weighted by Gasteiger charge is -2.13. The average molecular weight is 499 g/mol. The molecule has 0 fully saturated rings. The van der Waals surface area contributed by atoms with Crippen LogP contribution in [0.2, 0.25) is 10.0 Å². The molecule has 0 aliphatic heterocycles. The molecular formula is C21H17Cl2FN2O5S. The Morgan fingerprint density at radius 2 is 1.59 bits per heavy atom. The normalized spacial score (nSPS) is 11.0. The number of anilines is 2. The molecule has 0 bridgehead atoms. The van der Waals surface area contributed by atoms with E-state index in [0.717, 1.165) is 12.1 Å². The molecule has 0 aliphatic carbocycles. The minimum absolute atomic E-state index is 0.0544. The van der Waals surface area contributed by atoms with Crippen molar-refractivity contribution >= 4 is 50.5 Å². The van der Waals surface area contributed by atoms with Crippen LogP contribution >= 0.6 is 23.2 Å². The monoisotopic (exact) mass is 498 g/mol. The molecule has 0 saturated carbocycles. The van der Waals surface area contributed by atoms with Crippen LogP contribution in [-0.4, -0.2) is 28.5 Å².